The third-order valence-corrected chi connectivity index (χ3v) is 5.47. The number of aromatic nitrogens is 2. The van der Waals surface area contributed by atoms with Crippen LogP contribution < -0.4 is 10.9 Å². The molecule has 0 aliphatic heterocycles. The molecule has 0 radical (unpaired) electrons. The second-order valence-electron chi connectivity index (χ2n) is 7.75. The first-order valence-corrected chi connectivity index (χ1v) is 10.2. The molecule has 7 heteroatoms. The zero-order chi connectivity index (χ0) is 22.7. The number of amides is 2. The Morgan fingerprint density at radius 3 is 2.59 bits per heavy atom. The second-order valence-corrected chi connectivity index (χ2v) is 7.75. The molecule has 2 N–H and O–H groups in total. The van der Waals surface area contributed by atoms with Crippen molar-refractivity contribution in [3.05, 3.63) is 105 Å². The molecule has 0 aliphatic rings. The highest BCUT2D eigenvalue weighted by Crippen LogP contribution is 2.20. The van der Waals surface area contributed by atoms with E-state index in [-0.39, 0.29) is 24.5 Å². The number of rotatable bonds is 5. The molecule has 2 aromatic heterocycles. The summed E-state index contributed by atoms with van der Waals surface area (Å²) in [5.41, 5.74) is 4.44. The number of anilines is 1. The van der Waals surface area contributed by atoms with E-state index >= 15 is 0 Å². The van der Waals surface area contributed by atoms with Gasteiger partial charge in [0, 0.05) is 30.2 Å². The van der Waals surface area contributed by atoms with Crippen LogP contribution in [0, 0.1) is 19.7 Å². The number of hydrogen-bond donors (Lipinski definition) is 2. The van der Waals surface area contributed by atoms with E-state index in [1.807, 2.05) is 38.1 Å². The molecule has 2 aromatic carbocycles. The van der Waals surface area contributed by atoms with Crippen LogP contribution in [-0.4, -0.2) is 20.9 Å². The zero-order valence-electron chi connectivity index (χ0n) is 17.9. The highest BCUT2D eigenvalue weighted by Gasteiger charge is 2.18. The van der Waals surface area contributed by atoms with Crippen LogP contribution in [-0.2, 0) is 13.1 Å². The van der Waals surface area contributed by atoms with Gasteiger partial charge in [0.2, 0.25) is 0 Å². The van der Waals surface area contributed by atoms with Crippen LogP contribution >= 0.6 is 0 Å². The summed E-state index contributed by atoms with van der Waals surface area (Å²) in [5, 5.41) is 3.68. The maximum absolute atomic E-state index is 13.2. The molecule has 6 nitrogen and oxygen atoms in total. The largest absolute Gasteiger partial charge is 0.322 e. The summed E-state index contributed by atoms with van der Waals surface area (Å²) >= 11 is 0. The van der Waals surface area contributed by atoms with E-state index in [1.54, 1.807) is 18.5 Å². The number of halogens is 1. The van der Waals surface area contributed by atoms with E-state index in [9.17, 15) is 14.0 Å². The van der Waals surface area contributed by atoms with Gasteiger partial charge in [0.1, 0.15) is 5.82 Å². The van der Waals surface area contributed by atoms with Crippen molar-refractivity contribution < 1.29 is 9.18 Å². The number of nitrogens with one attached hydrogen (secondary N) is 2. The number of aryl methyl sites for hydroxylation is 2. The van der Waals surface area contributed by atoms with Gasteiger partial charge in [0.15, 0.2) is 0 Å². The first kappa shape index (κ1) is 21.2. The number of aromatic amines is 1. The molecule has 0 spiro atoms. The molecule has 4 aromatic rings. The Bertz CT molecular complexity index is 1320. The van der Waals surface area contributed by atoms with Gasteiger partial charge in [0.05, 0.1) is 12.1 Å². The van der Waals surface area contributed by atoms with Crippen LogP contribution in [0.1, 0.15) is 22.3 Å². The third-order valence-electron chi connectivity index (χ3n) is 5.47. The van der Waals surface area contributed by atoms with Crippen molar-refractivity contribution in [3.8, 4) is 0 Å². The molecule has 0 aliphatic carbocycles. The lowest BCUT2D eigenvalue weighted by molar-refractivity contribution is 0.206. The van der Waals surface area contributed by atoms with Gasteiger partial charge in [-0.1, -0.05) is 18.2 Å². The van der Waals surface area contributed by atoms with Crippen molar-refractivity contribution in [1.29, 1.82) is 0 Å². The molecule has 0 saturated carbocycles. The summed E-state index contributed by atoms with van der Waals surface area (Å²) in [5.74, 6) is -0.386. The average molecular weight is 430 g/mol. The Labute approximate surface area is 184 Å². The predicted molar refractivity (Wildman–Crippen MR) is 123 cm³/mol. The molecule has 0 unspecified atom stereocenters. The molecule has 2 heterocycles. The lowest BCUT2D eigenvalue weighted by Gasteiger charge is -2.23. The van der Waals surface area contributed by atoms with Gasteiger partial charge < -0.3 is 15.2 Å². The molecule has 162 valence electrons. The minimum absolute atomic E-state index is 0.0973. The Morgan fingerprint density at radius 2 is 1.88 bits per heavy atom. The van der Waals surface area contributed by atoms with Gasteiger partial charge in [-0.15, -0.1) is 0 Å². The summed E-state index contributed by atoms with van der Waals surface area (Å²) in [6.45, 7) is 4.32. The fourth-order valence-electron chi connectivity index (χ4n) is 3.54. The second kappa shape index (κ2) is 9.01. The minimum atomic E-state index is -0.403. The van der Waals surface area contributed by atoms with Gasteiger partial charge in [-0.25, -0.2) is 9.18 Å². The lowest BCUT2D eigenvalue weighted by atomic mass is 10.0. The van der Waals surface area contributed by atoms with Crippen molar-refractivity contribution in [3.63, 3.8) is 0 Å². The van der Waals surface area contributed by atoms with Crippen molar-refractivity contribution in [1.82, 2.24) is 14.9 Å². The Kier molecular flexibility index (Phi) is 5.98. The molecule has 0 saturated heterocycles. The third kappa shape index (κ3) is 4.67. The van der Waals surface area contributed by atoms with Crippen LogP contribution in [0.3, 0.4) is 0 Å². The van der Waals surface area contributed by atoms with Crippen LogP contribution in [0.15, 0.2) is 71.8 Å². The molecule has 0 atom stereocenters. The van der Waals surface area contributed by atoms with E-state index in [2.05, 4.69) is 15.3 Å². The number of carbonyl (C=O) groups excluding carboxylic acids is 1. The summed E-state index contributed by atoms with van der Waals surface area (Å²) < 4.78 is 13.2. The Hall–Kier alpha value is -4.00. The van der Waals surface area contributed by atoms with Crippen LogP contribution in [0.4, 0.5) is 14.9 Å². The van der Waals surface area contributed by atoms with Crippen molar-refractivity contribution in [2.24, 2.45) is 0 Å². The quantitative estimate of drug-likeness (QED) is 0.472. The highest BCUT2D eigenvalue weighted by molar-refractivity contribution is 5.89. The molecule has 4 rings (SSSR count). The van der Waals surface area contributed by atoms with Crippen molar-refractivity contribution in [2.75, 3.05) is 5.32 Å². The number of nitrogens with zero attached hydrogens (tertiary/aromatic N) is 2. The SMILES string of the molecule is Cc1ccc2cc(CN(Cc3cccnc3)C(=O)Nc3ccc(F)cc3)c(=O)[nH]c2c1C. The molecule has 2 amide bonds. The Morgan fingerprint density at radius 1 is 1.09 bits per heavy atom. The number of hydrogen-bond acceptors (Lipinski definition) is 3. The van der Waals surface area contributed by atoms with E-state index in [4.69, 9.17) is 0 Å². The average Bonchev–Trinajstić information content (AvgIpc) is 2.79. The van der Waals surface area contributed by atoms with E-state index in [0.29, 0.717) is 11.3 Å². The summed E-state index contributed by atoms with van der Waals surface area (Å²) in [6, 6.07) is 14.6. The van der Waals surface area contributed by atoms with Gasteiger partial charge in [-0.05, 0) is 72.3 Å². The zero-order valence-corrected chi connectivity index (χ0v) is 17.9. The van der Waals surface area contributed by atoms with Crippen molar-refractivity contribution >= 4 is 22.6 Å². The number of H-pyrrole nitrogens is 1. The molecule has 0 bridgehead atoms. The molecular formula is C25H23FN4O2. The standard InChI is InChI=1S/C25H23FN4O2/c1-16-5-6-19-12-20(24(31)29-23(19)17(16)2)15-30(14-18-4-3-11-27-13-18)25(32)28-22-9-7-21(26)8-10-22/h3-13H,14-15H2,1-2H3,(H,28,32)(H,29,31). The van der Waals surface area contributed by atoms with Gasteiger partial charge in [0.25, 0.3) is 5.56 Å². The topological polar surface area (TPSA) is 78.1 Å². The molecule has 0 fully saturated rings. The van der Waals surface area contributed by atoms with E-state index in [1.165, 1.54) is 29.2 Å². The maximum atomic E-state index is 13.2. The number of pyridine rings is 2. The van der Waals surface area contributed by atoms with Crippen LogP contribution in [0.2, 0.25) is 0 Å². The fourth-order valence-corrected chi connectivity index (χ4v) is 3.54. The summed E-state index contributed by atoms with van der Waals surface area (Å²) in [6.07, 6.45) is 3.33. The number of urea groups is 1. The van der Waals surface area contributed by atoms with Gasteiger partial charge >= 0.3 is 6.03 Å². The van der Waals surface area contributed by atoms with Crippen LogP contribution in [0.25, 0.3) is 10.9 Å². The predicted octanol–water partition coefficient (Wildman–Crippen LogP) is 4.91. The van der Waals surface area contributed by atoms with E-state index < -0.39 is 6.03 Å². The Balaban J connectivity index is 1.66. The number of fused-ring (bicyclic) bond motifs is 1. The van der Waals surface area contributed by atoms with E-state index in [0.717, 1.165) is 27.6 Å². The number of benzene rings is 2. The molecular weight excluding hydrogens is 407 g/mol. The fraction of sp³-hybridized carbons (Fsp3) is 0.160. The lowest BCUT2D eigenvalue weighted by Crippen LogP contribution is -2.35. The number of carbonyl (C=O) groups is 1. The normalized spacial score (nSPS) is 10.8. The first-order valence-electron chi connectivity index (χ1n) is 10.2. The van der Waals surface area contributed by atoms with Gasteiger partial charge in [-0.2, -0.15) is 0 Å². The highest BCUT2D eigenvalue weighted by atomic mass is 19.1. The molecule has 32 heavy (non-hydrogen) atoms. The monoisotopic (exact) mass is 430 g/mol. The van der Waals surface area contributed by atoms with Crippen LogP contribution in [0.5, 0.6) is 0 Å². The maximum Gasteiger partial charge on any atom is 0.322 e. The minimum Gasteiger partial charge on any atom is -0.321 e. The van der Waals surface area contributed by atoms with Gasteiger partial charge in [-0.3, -0.25) is 9.78 Å². The summed E-state index contributed by atoms with van der Waals surface area (Å²) in [7, 11) is 0. The van der Waals surface area contributed by atoms with Crippen molar-refractivity contribution in [2.45, 2.75) is 26.9 Å². The smallest absolute Gasteiger partial charge is 0.321 e. The first-order chi connectivity index (χ1) is 15.4. The summed E-state index contributed by atoms with van der Waals surface area (Å²) in [4.78, 5) is 34.5.